The third-order valence-corrected chi connectivity index (χ3v) is 4.10. The first-order valence-corrected chi connectivity index (χ1v) is 8.09. The molecule has 0 atom stereocenters. The van der Waals surface area contributed by atoms with E-state index >= 15 is 0 Å². The number of nitrogen functional groups attached to an aromatic ring is 1. The molecule has 3 N–H and O–H groups in total. The standard InChI is InChI=1S/C17H12ClF4N5O/c1-27-11(7-12(26-27)17(20,21)22)8-5-6-13(24-15(8)23)25-16(28)9-3-2-4-10(18)14(9)19/h2-7H,1H3,(H3,23,24,25,28). The molecule has 2 heterocycles. The average Bonchev–Trinajstić information content (AvgIpc) is 2.99. The van der Waals surface area contributed by atoms with Gasteiger partial charge in [-0.05, 0) is 30.3 Å². The second kappa shape index (κ2) is 7.12. The van der Waals surface area contributed by atoms with Gasteiger partial charge in [-0.15, -0.1) is 0 Å². The molecule has 146 valence electrons. The SMILES string of the molecule is Cn1nc(C(F)(F)F)cc1-c1ccc(NC(=O)c2cccc(Cl)c2F)nc1N. The third-order valence-electron chi connectivity index (χ3n) is 3.81. The molecule has 0 radical (unpaired) electrons. The number of nitrogens with two attached hydrogens (primary N) is 1. The fourth-order valence-electron chi connectivity index (χ4n) is 2.48. The Bertz CT molecular complexity index is 1060. The summed E-state index contributed by atoms with van der Waals surface area (Å²) in [7, 11) is 1.33. The van der Waals surface area contributed by atoms with Crippen molar-refractivity contribution in [1.82, 2.24) is 14.8 Å². The second-order valence-electron chi connectivity index (χ2n) is 5.72. The summed E-state index contributed by atoms with van der Waals surface area (Å²) in [4.78, 5) is 16.1. The Hall–Kier alpha value is -3.14. The number of aryl methyl sites for hydroxylation is 1. The molecule has 1 amide bonds. The summed E-state index contributed by atoms with van der Waals surface area (Å²) in [6.07, 6.45) is -4.60. The van der Waals surface area contributed by atoms with Crippen LogP contribution in [0.3, 0.4) is 0 Å². The molecule has 0 bridgehead atoms. The molecule has 28 heavy (non-hydrogen) atoms. The van der Waals surface area contributed by atoms with Gasteiger partial charge in [0.1, 0.15) is 11.6 Å². The maximum absolute atomic E-state index is 13.9. The second-order valence-corrected chi connectivity index (χ2v) is 6.13. The zero-order valence-corrected chi connectivity index (χ0v) is 14.9. The monoisotopic (exact) mass is 413 g/mol. The lowest BCUT2D eigenvalue weighted by Crippen LogP contribution is -2.15. The normalized spacial score (nSPS) is 11.5. The molecule has 3 rings (SSSR count). The van der Waals surface area contributed by atoms with E-state index in [9.17, 15) is 22.4 Å². The fourth-order valence-corrected chi connectivity index (χ4v) is 2.66. The summed E-state index contributed by atoms with van der Waals surface area (Å²) in [6, 6.07) is 7.49. The maximum Gasteiger partial charge on any atom is 0.435 e. The van der Waals surface area contributed by atoms with Crippen LogP contribution in [0.15, 0.2) is 36.4 Å². The lowest BCUT2D eigenvalue weighted by atomic mass is 10.1. The first-order valence-electron chi connectivity index (χ1n) is 7.71. The van der Waals surface area contributed by atoms with Crippen LogP contribution in [0.1, 0.15) is 16.1 Å². The van der Waals surface area contributed by atoms with Gasteiger partial charge in [-0.3, -0.25) is 9.48 Å². The van der Waals surface area contributed by atoms with Crippen molar-refractivity contribution >= 4 is 29.1 Å². The van der Waals surface area contributed by atoms with Crippen LogP contribution in [0.25, 0.3) is 11.3 Å². The van der Waals surface area contributed by atoms with E-state index in [1.807, 2.05) is 0 Å². The lowest BCUT2D eigenvalue weighted by molar-refractivity contribution is -0.141. The molecule has 0 saturated heterocycles. The quantitative estimate of drug-likeness (QED) is 0.632. The zero-order chi connectivity index (χ0) is 20.6. The number of benzene rings is 1. The van der Waals surface area contributed by atoms with E-state index in [2.05, 4.69) is 15.4 Å². The van der Waals surface area contributed by atoms with Crippen LogP contribution in [0, 0.1) is 5.82 Å². The molecular weight excluding hydrogens is 402 g/mol. The van der Waals surface area contributed by atoms with Crippen LogP contribution in [0.5, 0.6) is 0 Å². The van der Waals surface area contributed by atoms with Gasteiger partial charge < -0.3 is 11.1 Å². The molecule has 0 aliphatic carbocycles. The van der Waals surface area contributed by atoms with E-state index in [-0.39, 0.29) is 33.5 Å². The molecule has 0 fully saturated rings. The summed E-state index contributed by atoms with van der Waals surface area (Å²) in [5, 5.41) is 5.56. The first-order chi connectivity index (χ1) is 13.1. The van der Waals surface area contributed by atoms with Crippen molar-refractivity contribution in [3.63, 3.8) is 0 Å². The largest absolute Gasteiger partial charge is 0.435 e. The Morgan fingerprint density at radius 2 is 1.96 bits per heavy atom. The number of halogens is 5. The molecule has 1 aromatic carbocycles. The van der Waals surface area contributed by atoms with Crippen molar-refractivity contribution in [3.8, 4) is 11.3 Å². The highest BCUT2D eigenvalue weighted by molar-refractivity contribution is 6.31. The number of amides is 1. The number of alkyl halides is 3. The summed E-state index contributed by atoms with van der Waals surface area (Å²) in [6.45, 7) is 0. The minimum Gasteiger partial charge on any atom is -0.383 e. The van der Waals surface area contributed by atoms with Crippen LogP contribution in [0.4, 0.5) is 29.2 Å². The van der Waals surface area contributed by atoms with E-state index in [0.717, 1.165) is 10.7 Å². The Balaban J connectivity index is 1.88. The molecule has 0 aliphatic heterocycles. The van der Waals surface area contributed by atoms with Gasteiger partial charge in [-0.25, -0.2) is 9.37 Å². The topological polar surface area (TPSA) is 85.8 Å². The van der Waals surface area contributed by atoms with Crippen molar-refractivity contribution in [2.75, 3.05) is 11.1 Å². The van der Waals surface area contributed by atoms with E-state index in [0.29, 0.717) is 0 Å². The third kappa shape index (κ3) is 3.77. The van der Waals surface area contributed by atoms with Crippen LogP contribution < -0.4 is 11.1 Å². The highest BCUT2D eigenvalue weighted by Gasteiger charge is 2.35. The summed E-state index contributed by atoms with van der Waals surface area (Å²) < 4.78 is 53.4. The van der Waals surface area contributed by atoms with E-state index in [4.69, 9.17) is 17.3 Å². The molecule has 0 unspecified atom stereocenters. The minimum absolute atomic E-state index is 0.0103. The number of pyridine rings is 1. The average molecular weight is 414 g/mol. The van der Waals surface area contributed by atoms with Crippen LogP contribution in [-0.4, -0.2) is 20.7 Å². The van der Waals surface area contributed by atoms with Crippen LogP contribution in [0.2, 0.25) is 5.02 Å². The number of nitrogens with zero attached hydrogens (tertiary/aromatic N) is 3. The van der Waals surface area contributed by atoms with Crippen molar-refractivity contribution in [3.05, 3.63) is 58.5 Å². The van der Waals surface area contributed by atoms with Gasteiger partial charge in [-0.1, -0.05) is 17.7 Å². The molecule has 3 aromatic rings. The summed E-state index contributed by atoms with van der Waals surface area (Å²) in [5.74, 6) is -1.84. The highest BCUT2D eigenvalue weighted by atomic mass is 35.5. The molecular formula is C17H12ClF4N5O. The Morgan fingerprint density at radius 1 is 1.25 bits per heavy atom. The number of carbonyl (C=O) groups is 1. The number of anilines is 2. The molecule has 2 aromatic heterocycles. The van der Waals surface area contributed by atoms with Gasteiger partial charge in [-0.2, -0.15) is 18.3 Å². The van der Waals surface area contributed by atoms with E-state index in [1.54, 1.807) is 0 Å². The highest BCUT2D eigenvalue weighted by Crippen LogP contribution is 2.33. The number of nitrogens with one attached hydrogen (secondary N) is 1. The molecule has 6 nitrogen and oxygen atoms in total. The Labute approximate surface area is 160 Å². The van der Waals surface area contributed by atoms with Crippen LogP contribution >= 0.6 is 11.6 Å². The number of hydrogen-bond donors (Lipinski definition) is 2. The van der Waals surface area contributed by atoms with Gasteiger partial charge in [0.25, 0.3) is 5.91 Å². The van der Waals surface area contributed by atoms with E-state index < -0.39 is 23.6 Å². The van der Waals surface area contributed by atoms with Gasteiger partial charge >= 0.3 is 6.18 Å². The smallest absolute Gasteiger partial charge is 0.383 e. The Kier molecular flexibility index (Phi) is 4.99. The van der Waals surface area contributed by atoms with Crippen molar-refractivity contribution < 1.29 is 22.4 Å². The molecule has 0 saturated carbocycles. The number of carbonyl (C=O) groups excluding carboxylic acids is 1. The fraction of sp³-hybridized carbons (Fsp3) is 0.118. The maximum atomic E-state index is 13.9. The van der Waals surface area contributed by atoms with Gasteiger partial charge in [0.15, 0.2) is 11.5 Å². The number of rotatable bonds is 3. The molecule has 0 aliphatic rings. The number of aromatic nitrogens is 3. The minimum atomic E-state index is -4.60. The van der Waals surface area contributed by atoms with Crippen molar-refractivity contribution in [1.29, 1.82) is 0 Å². The summed E-state index contributed by atoms with van der Waals surface area (Å²) >= 11 is 5.64. The first kappa shape index (κ1) is 19.6. The van der Waals surface area contributed by atoms with Crippen LogP contribution in [-0.2, 0) is 13.2 Å². The predicted molar refractivity (Wildman–Crippen MR) is 95.2 cm³/mol. The lowest BCUT2D eigenvalue weighted by Gasteiger charge is -2.09. The number of hydrogen-bond acceptors (Lipinski definition) is 4. The Morgan fingerprint density at radius 3 is 2.57 bits per heavy atom. The zero-order valence-electron chi connectivity index (χ0n) is 14.2. The van der Waals surface area contributed by atoms with Gasteiger partial charge in [0.2, 0.25) is 0 Å². The van der Waals surface area contributed by atoms with Crippen molar-refractivity contribution in [2.45, 2.75) is 6.18 Å². The molecule has 0 spiro atoms. The van der Waals surface area contributed by atoms with Gasteiger partial charge in [0, 0.05) is 12.6 Å². The predicted octanol–water partition coefficient (Wildman–Crippen LogP) is 4.13. The van der Waals surface area contributed by atoms with Gasteiger partial charge in [0.05, 0.1) is 16.3 Å². The summed E-state index contributed by atoms with van der Waals surface area (Å²) in [5.41, 5.74) is 4.75. The van der Waals surface area contributed by atoms with E-state index in [1.165, 1.54) is 37.4 Å². The van der Waals surface area contributed by atoms with Crippen molar-refractivity contribution in [2.24, 2.45) is 7.05 Å². The molecule has 11 heteroatoms.